The molecule has 0 aliphatic carbocycles. The zero-order valence-electron chi connectivity index (χ0n) is 15.0. The molecule has 0 bridgehead atoms. The van der Waals surface area contributed by atoms with Crippen LogP contribution in [0, 0.1) is 0 Å². The number of benzene rings is 2. The third-order valence-corrected chi connectivity index (χ3v) is 5.93. The van der Waals surface area contributed by atoms with Gasteiger partial charge >= 0.3 is 0 Å². The van der Waals surface area contributed by atoms with Crippen LogP contribution in [0.3, 0.4) is 0 Å². The molecule has 2 rings (SSSR count). The molecule has 6 nitrogen and oxygen atoms in total. The summed E-state index contributed by atoms with van der Waals surface area (Å²) < 4.78 is 31.6. The molecule has 0 spiro atoms. The maximum absolute atomic E-state index is 12.4. The van der Waals surface area contributed by atoms with Crippen molar-refractivity contribution in [1.82, 2.24) is 9.62 Å². The van der Waals surface area contributed by atoms with Crippen molar-refractivity contribution in [2.24, 2.45) is 0 Å². The number of hydrogen-bond acceptors (Lipinski definition) is 4. The fraction of sp³-hybridized carbons (Fsp3) is 0.316. The average Bonchev–Trinajstić information content (AvgIpc) is 2.66. The highest BCUT2D eigenvalue weighted by molar-refractivity contribution is 7.89. The summed E-state index contributed by atoms with van der Waals surface area (Å²) >= 11 is 0. The zero-order valence-corrected chi connectivity index (χ0v) is 15.8. The summed E-state index contributed by atoms with van der Waals surface area (Å²) in [4.78, 5) is 12.1. The van der Waals surface area contributed by atoms with E-state index in [1.165, 1.54) is 4.31 Å². The SMILES string of the molecule is CCN(CC)S(=O)(=O)c1ccc(CNC(=O)COc2ccccc2)cc1. The summed E-state index contributed by atoms with van der Waals surface area (Å²) in [5.74, 6) is 0.391. The zero-order chi connectivity index (χ0) is 19.0. The van der Waals surface area contributed by atoms with Crippen molar-refractivity contribution in [2.75, 3.05) is 19.7 Å². The van der Waals surface area contributed by atoms with Crippen LogP contribution in [0.1, 0.15) is 19.4 Å². The standard InChI is InChI=1S/C19H24N2O4S/c1-3-21(4-2)26(23,24)18-12-10-16(11-13-18)14-20-19(22)15-25-17-8-6-5-7-9-17/h5-13H,3-4,14-15H2,1-2H3,(H,20,22). The topological polar surface area (TPSA) is 75.7 Å². The van der Waals surface area contributed by atoms with Crippen molar-refractivity contribution < 1.29 is 17.9 Å². The van der Waals surface area contributed by atoms with Gasteiger partial charge in [0.1, 0.15) is 5.75 Å². The van der Waals surface area contributed by atoms with Crippen molar-refractivity contribution in [3.8, 4) is 5.75 Å². The summed E-state index contributed by atoms with van der Waals surface area (Å²) in [6.07, 6.45) is 0. The predicted octanol–water partition coefficient (Wildman–Crippen LogP) is 2.41. The summed E-state index contributed by atoms with van der Waals surface area (Å²) in [6, 6.07) is 15.6. The Bertz CT molecular complexity index is 801. The fourth-order valence-corrected chi connectivity index (χ4v) is 3.87. The van der Waals surface area contributed by atoms with Crippen LogP contribution in [0.5, 0.6) is 5.75 Å². The van der Waals surface area contributed by atoms with E-state index in [-0.39, 0.29) is 17.4 Å². The fourth-order valence-electron chi connectivity index (χ4n) is 2.41. The van der Waals surface area contributed by atoms with Gasteiger partial charge in [-0.05, 0) is 29.8 Å². The van der Waals surface area contributed by atoms with Gasteiger partial charge in [-0.1, -0.05) is 44.2 Å². The molecule has 2 aromatic rings. The van der Waals surface area contributed by atoms with Crippen LogP contribution < -0.4 is 10.1 Å². The number of nitrogens with one attached hydrogen (secondary N) is 1. The van der Waals surface area contributed by atoms with Crippen LogP contribution in [0.15, 0.2) is 59.5 Å². The van der Waals surface area contributed by atoms with E-state index in [2.05, 4.69) is 5.32 Å². The van der Waals surface area contributed by atoms with Crippen molar-refractivity contribution in [3.63, 3.8) is 0 Å². The first-order valence-corrected chi connectivity index (χ1v) is 9.95. The number of carbonyl (C=O) groups is 1. The lowest BCUT2D eigenvalue weighted by molar-refractivity contribution is -0.123. The molecular formula is C19H24N2O4S. The lowest BCUT2D eigenvalue weighted by Gasteiger charge is -2.18. The molecule has 2 aromatic carbocycles. The van der Waals surface area contributed by atoms with E-state index in [1.807, 2.05) is 32.0 Å². The normalized spacial score (nSPS) is 11.3. The van der Waals surface area contributed by atoms with E-state index in [1.54, 1.807) is 36.4 Å². The average molecular weight is 376 g/mol. The van der Waals surface area contributed by atoms with Crippen molar-refractivity contribution in [3.05, 3.63) is 60.2 Å². The highest BCUT2D eigenvalue weighted by Crippen LogP contribution is 2.16. The highest BCUT2D eigenvalue weighted by atomic mass is 32.2. The Morgan fingerprint density at radius 3 is 2.19 bits per heavy atom. The Kier molecular flexibility index (Phi) is 7.17. The first-order valence-electron chi connectivity index (χ1n) is 8.51. The van der Waals surface area contributed by atoms with Gasteiger partial charge in [0.2, 0.25) is 10.0 Å². The molecule has 0 aliphatic rings. The number of nitrogens with zero attached hydrogens (tertiary/aromatic N) is 1. The molecule has 0 aromatic heterocycles. The van der Waals surface area contributed by atoms with Crippen molar-refractivity contribution in [1.29, 1.82) is 0 Å². The summed E-state index contributed by atoms with van der Waals surface area (Å²) in [6.45, 7) is 4.71. The number of sulfonamides is 1. The third kappa shape index (κ3) is 5.31. The van der Waals surface area contributed by atoms with Gasteiger partial charge in [0.15, 0.2) is 6.61 Å². The highest BCUT2D eigenvalue weighted by Gasteiger charge is 2.21. The second kappa shape index (κ2) is 9.35. The molecule has 7 heteroatoms. The quantitative estimate of drug-likeness (QED) is 0.729. The largest absolute Gasteiger partial charge is 0.484 e. The molecule has 140 valence electrons. The van der Waals surface area contributed by atoms with Crippen molar-refractivity contribution in [2.45, 2.75) is 25.3 Å². The first-order chi connectivity index (χ1) is 12.5. The molecule has 26 heavy (non-hydrogen) atoms. The van der Waals surface area contributed by atoms with Crippen molar-refractivity contribution >= 4 is 15.9 Å². The van der Waals surface area contributed by atoms with Crippen LogP contribution in [0.4, 0.5) is 0 Å². The molecule has 1 N–H and O–H groups in total. The second-order valence-electron chi connectivity index (χ2n) is 5.61. The second-order valence-corrected chi connectivity index (χ2v) is 7.55. The lowest BCUT2D eigenvalue weighted by atomic mass is 10.2. The van der Waals surface area contributed by atoms with E-state index in [9.17, 15) is 13.2 Å². The predicted molar refractivity (Wildman–Crippen MR) is 100 cm³/mol. The van der Waals surface area contributed by atoms with E-state index in [4.69, 9.17) is 4.74 Å². The molecule has 0 atom stereocenters. The minimum Gasteiger partial charge on any atom is -0.484 e. The Morgan fingerprint density at radius 2 is 1.62 bits per heavy atom. The number of hydrogen-bond donors (Lipinski definition) is 1. The van der Waals surface area contributed by atoms with Gasteiger partial charge in [-0.3, -0.25) is 4.79 Å². The molecule has 0 saturated carbocycles. The van der Waals surface area contributed by atoms with Gasteiger partial charge in [-0.2, -0.15) is 4.31 Å². The minimum absolute atomic E-state index is 0.0710. The van der Waals surface area contributed by atoms with Gasteiger partial charge < -0.3 is 10.1 Å². The van der Waals surface area contributed by atoms with Gasteiger partial charge in [0.25, 0.3) is 5.91 Å². The Labute approximate surface area is 154 Å². The number of ether oxygens (including phenoxy) is 1. The number of carbonyl (C=O) groups excluding carboxylic acids is 1. The van der Waals surface area contributed by atoms with Crippen LogP contribution in [0.25, 0.3) is 0 Å². The molecule has 1 amide bonds. The molecule has 0 heterocycles. The monoisotopic (exact) mass is 376 g/mol. The smallest absolute Gasteiger partial charge is 0.258 e. The van der Waals surface area contributed by atoms with Gasteiger partial charge in [-0.15, -0.1) is 0 Å². The Balaban J connectivity index is 1.88. The van der Waals surface area contributed by atoms with Crippen LogP contribution in [-0.4, -0.2) is 38.3 Å². The number of rotatable bonds is 9. The number of para-hydroxylation sites is 1. The van der Waals surface area contributed by atoms with Crippen LogP contribution in [0.2, 0.25) is 0 Å². The van der Waals surface area contributed by atoms with E-state index in [0.717, 1.165) is 5.56 Å². The number of amides is 1. The first kappa shape index (κ1) is 19.9. The maximum Gasteiger partial charge on any atom is 0.258 e. The van der Waals surface area contributed by atoms with Gasteiger partial charge in [-0.25, -0.2) is 8.42 Å². The summed E-state index contributed by atoms with van der Waals surface area (Å²) in [5, 5.41) is 2.75. The molecule has 0 saturated heterocycles. The van der Waals surface area contributed by atoms with E-state index in [0.29, 0.717) is 25.4 Å². The van der Waals surface area contributed by atoms with Gasteiger partial charge in [0.05, 0.1) is 4.90 Å². The summed E-state index contributed by atoms with van der Waals surface area (Å²) in [7, 11) is -3.46. The molecular weight excluding hydrogens is 352 g/mol. The minimum atomic E-state index is -3.46. The molecule has 0 radical (unpaired) electrons. The van der Waals surface area contributed by atoms with Crippen LogP contribution in [-0.2, 0) is 21.4 Å². The Morgan fingerprint density at radius 1 is 1.00 bits per heavy atom. The molecule has 0 unspecified atom stereocenters. The lowest BCUT2D eigenvalue weighted by Crippen LogP contribution is -2.30. The van der Waals surface area contributed by atoms with Crippen LogP contribution >= 0.6 is 0 Å². The third-order valence-electron chi connectivity index (χ3n) is 3.87. The van der Waals surface area contributed by atoms with Gasteiger partial charge in [0, 0.05) is 19.6 Å². The molecule has 0 aliphatic heterocycles. The maximum atomic E-state index is 12.4. The molecule has 0 fully saturated rings. The van der Waals surface area contributed by atoms with E-state index >= 15 is 0 Å². The van der Waals surface area contributed by atoms with E-state index < -0.39 is 10.0 Å². The summed E-state index contributed by atoms with van der Waals surface area (Å²) in [5.41, 5.74) is 0.816. The Hall–Kier alpha value is -2.38.